The first kappa shape index (κ1) is 20.7. The van der Waals surface area contributed by atoms with Crippen molar-refractivity contribution in [2.45, 2.75) is 44.7 Å². The topological polar surface area (TPSA) is 101 Å². The highest BCUT2D eigenvalue weighted by Gasteiger charge is 2.26. The number of carbonyl (C=O) groups is 1. The Labute approximate surface area is 150 Å². The third kappa shape index (κ3) is 5.96. The van der Waals surface area contributed by atoms with Crippen molar-refractivity contribution >= 4 is 34.0 Å². The third-order valence-electron chi connectivity index (χ3n) is 4.17. The second kappa shape index (κ2) is 8.69. The van der Waals surface area contributed by atoms with E-state index in [-0.39, 0.29) is 36.3 Å². The van der Waals surface area contributed by atoms with Gasteiger partial charge in [0, 0.05) is 12.0 Å². The first-order valence-electron chi connectivity index (χ1n) is 7.89. The molecule has 3 atom stereocenters. The van der Waals surface area contributed by atoms with Crippen LogP contribution in [0.4, 0.5) is 5.69 Å². The average molecular weight is 376 g/mol. The van der Waals surface area contributed by atoms with Crippen LogP contribution in [0.2, 0.25) is 0 Å². The van der Waals surface area contributed by atoms with E-state index in [1.807, 2.05) is 19.1 Å². The summed E-state index contributed by atoms with van der Waals surface area (Å²) in [4.78, 5) is 12.4. The zero-order chi connectivity index (χ0) is 17.0. The van der Waals surface area contributed by atoms with Crippen molar-refractivity contribution in [3.05, 3.63) is 29.8 Å². The summed E-state index contributed by atoms with van der Waals surface area (Å²) in [7, 11) is -3.37. The Bertz CT molecular complexity index is 666. The molecule has 1 saturated carbocycles. The lowest BCUT2D eigenvalue weighted by atomic mass is 9.85. The molecule has 3 unspecified atom stereocenters. The molecule has 24 heavy (non-hydrogen) atoms. The normalized spacial score (nSPS) is 22.1. The molecule has 1 aliphatic carbocycles. The van der Waals surface area contributed by atoms with Gasteiger partial charge in [-0.2, -0.15) is 0 Å². The van der Waals surface area contributed by atoms with Gasteiger partial charge in [-0.3, -0.25) is 9.52 Å². The van der Waals surface area contributed by atoms with E-state index in [9.17, 15) is 13.2 Å². The number of para-hydroxylation sites is 1. The summed E-state index contributed by atoms with van der Waals surface area (Å²) in [6.45, 7) is 1.85. The summed E-state index contributed by atoms with van der Waals surface area (Å²) in [6, 6.07) is 6.88. The minimum absolute atomic E-state index is 0. The van der Waals surface area contributed by atoms with Gasteiger partial charge in [0.1, 0.15) is 0 Å². The fourth-order valence-electron chi connectivity index (χ4n) is 3.04. The van der Waals surface area contributed by atoms with Gasteiger partial charge in [-0.1, -0.05) is 24.6 Å². The molecule has 6 nitrogen and oxygen atoms in total. The number of benzene rings is 1. The van der Waals surface area contributed by atoms with Gasteiger partial charge in [0.2, 0.25) is 15.9 Å². The molecular weight excluding hydrogens is 350 g/mol. The quantitative estimate of drug-likeness (QED) is 0.734. The molecule has 1 fully saturated rings. The molecule has 1 aliphatic rings. The maximum Gasteiger partial charge on any atom is 0.229 e. The van der Waals surface area contributed by atoms with Crippen LogP contribution in [0.25, 0.3) is 0 Å². The number of rotatable bonds is 5. The maximum absolute atomic E-state index is 12.4. The molecule has 0 spiro atoms. The summed E-state index contributed by atoms with van der Waals surface area (Å²) in [5.74, 6) is -0.0713. The van der Waals surface area contributed by atoms with Crippen molar-refractivity contribution in [3.63, 3.8) is 0 Å². The minimum atomic E-state index is -3.37. The summed E-state index contributed by atoms with van der Waals surface area (Å²) in [5.41, 5.74) is 7.17. The van der Waals surface area contributed by atoms with Crippen molar-refractivity contribution in [3.8, 4) is 0 Å². The number of anilines is 1. The number of nitrogens with two attached hydrogens (primary N) is 1. The van der Waals surface area contributed by atoms with Crippen LogP contribution in [0, 0.1) is 5.92 Å². The number of amides is 1. The van der Waals surface area contributed by atoms with E-state index in [0.717, 1.165) is 31.1 Å². The van der Waals surface area contributed by atoms with E-state index in [1.54, 1.807) is 12.1 Å². The molecule has 0 heterocycles. The molecule has 0 aromatic heterocycles. The monoisotopic (exact) mass is 375 g/mol. The lowest BCUT2D eigenvalue weighted by molar-refractivity contribution is -0.126. The predicted octanol–water partition coefficient (Wildman–Crippen LogP) is 2.17. The van der Waals surface area contributed by atoms with Gasteiger partial charge in [-0.25, -0.2) is 8.42 Å². The lowest BCUT2D eigenvalue weighted by Gasteiger charge is -2.27. The molecular formula is C16H26ClN3O3S. The van der Waals surface area contributed by atoms with Crippen LogP contribution in [0.5, 0.6) is 0 Å². The molecule has 4 N–H and O–H groups in total. The van der Waals surface area contributed by atoms with E-state index in [2.05, 4.69) is 10.0 Å². The highest BCUT2D eigenvalue weighted by Crippen LogP contribution is 2.26. The fourth-order valence-corrected chi connectivity index (χ4v) is 3.63. The number of sulfonamides is 1. The van der Waals surface area contributed by atoms with Crippen molar-refractivity contribution < 1.29 is 13.2 Å². The Balaban J connectivity index is 0.00000288. The van der Waals surface area contributed by atoms with Gasteiger partial charge in [0.25, 0.3) is 0 Å². The van der Waals surface area contributed by atoms with Crippen LogP contribution in [-0.4, -0.2) is 26.6 Å². The standard InChI is InChI=1S/C16H25N3O3S.ClH/c1-11(18-16(20)12-6-5-7-13(17)10-12)14-8-3-4-9-15(14)19-23(2,21)22;/h3-4,8-9,11-13,19H,5-7,10,17H2,1-2H3,(H,18,20);1H. The van der Waals surface area contributed by atoms with E-state index in [1.165, 1.54) is 0 Å². The van der Waals surface area contributed by atoms with E-state index in [4.69, 9.17) is 5.73 Å². The van der Waals surface area contributed by atoms with Crippen LogP contribution >= 0.6 is 12.4 Å². The molecule has 1 aromatic carbocycles. The van der Waals surface area contributed by atoms with Gasteiger partial charge in [0.05, 0.1) is 18.0 Å². The number of hydrogen-bond donors (Lipinski definition) is 3. The van der Waals surface area contributed by atoms with Crippen LogP contribution in [0.1, 0.15) is 44.2 Å². The van der Waals surface area contributed by atoms with Crippen molar-refractivity contribution in [1.82, 2.24) is 5.32 Å². The van der Waals surface area contributed by atoms with Gasteiger partial charge in [0.15, 0.2) is 0 Å². The van der Waals surface area contributed by atoms with Gasteiger partial charge < -0.3 is 11.1 Å². The predicted molar refractivity (Wildman–Crippen MR) is 98.6 cm³/mol. The van der Waals surface area contributed by atoms with Crippen LogP contribution < -0.4 is 15.8 Å². The smallest absolute Gasteiger partial charge is 0.229 e. The van der Waals surface area contributed by atoms with Crippen molar-refractivity contribution in [1.29, 1.82) is 0 Å². The van der Waals surface area contributed by atoms with E-state index >= 15 is 0 Å². The van der Waals surface area contributed by atoms with Crippen molar-refractivity contribution in [2.24, 2.45) is 11.7 Å². The lowest BCUT2D eigenvalue weighted by Crippen LogP contribution is -2.38. The van der Waals surface area contributed by atoms with E-state index < -0.39 is 10.0 Å². The van der Waals surface area contributed by atoms with Crippen LogP contribution in [0.3, 0.4) is 0 Å². The molecule has 2 rings (SSSR count). The number of halogens is 1. The summed E-state index contributed by atoms with van der Waals surface area (Å²) in [5, 5.41) is 2.98. The largest absolute Gasteiger partial charge is 0.349 e. The second-order valence-corrected chi connectivity index (χ2v) is 8.06. The number of carbonyl (C=O) groups excluding carboxylic acids is 1. The van der Waals surface area contributed by atoms with Gasteiger partial charge in [-0.05, 0) is 37.8 Å². The number of hydrogen-bond acceptors (Lipinski definition) is 4. The van der Waals surface area contributed by atoms with Gasteiger partial charge in [-0.15, -0.1) is 12.4 Å². The summed E-state index contributed by atoms with van der Waals surface area (Å²) < 4.78 is 25.4. The zero-order valence-electron chi connectivity index (χ0n) is 14.0. The fraction of sp³-hybridized carbons (Fsp3) is 0.562. The van der Waals surface area contributed by atoms with Crippen LogP contribution in [-0.2, 0) is 14.8 Å². The highest BCUT2D eigenvalue weighted by molar-refractivity contribution is 7.92. The maximum atomic E-state index is 12.4. The average Bonchev–Trinajstić information content (AvgIpc) is 2.46. The molecule has 0 bridgehead atoms. The Kier molecular flexibility index (Phi) is 7.51. The zero-order valence-corrected chi connectivity index (χ0v) is 15.6. The Morgan fingerprint density at radius 3 is 2.58 bits per heavy atom. The van der Waals surface area contributed by atoms with E-state index in [0.29, 0.717) is 12.1 Å². The molecule has 0 radical (unpaired) electrons. The minimum Gasteiger partial charge on any atom is -0.349 e. The van der Waals surface area contributed by atoms with Crippen molar-refractivity contribution in [2.75, 3.05) is 11.0 Å². The Hall–Kier alpha value is -1.31. The number of nitrogens with one attached hydrogen (secondary N) is 2. The highest BCUT2D eigenvalue weighted by atomic mass is 35.5. The molecule has 136 valence electrons. The summed E-state index contributed by atoms with van der Waals surface area (Å²) in [6.07, 6.45) is 4.62. The third-order valence-corrected chi connectivity index (χ3v) is 4.76. The summed E-state index contributed by atoms with van der Waals surface area (Å²) >= 11 is 0. The molecule has 0 saturated heterocycles. The SMILES string of the molecule is CC(NC(=O)C1CCCC(N)C1)c1ccccc1NS(C)(=O)=O.Cl. The Morgan fingerprint density at radius 1 is 1.29 bits per heavy atom. The van der Waals surface area contributed by atoms with Crippen LogP contribution in [0.15, 0.2) is 24.3 Å². The molecule has 0 aliphatic heterocycles. The van der Waals surface area contributed by atoms with Gasteiger partial charge >= 0.3 is 0 Å². The molecule has 1 aromatic rings. The first-order valence-corrected chi connectivity index (χ1v) is 9.78. The molecule has 1 amide bonds. The Morgan fingerprint density at radius 2 is 1.96 bits per heavy atom. The second-order valence-electron chi connectivity index (χ2n) is 6.32. The molecule has 8 heteroatoms. The first-order chi connectivity index (χ1) is 10.8.